The van der Waals surface area contributed by atoms with Gasteiger partial charge in [-0.25, -0.2) is 13.2 Å². The van der Waals surface area contributed by atoms with Crippen molar-refractivity contribution in [3.05, 3.63) is 29.8 Å². The first-order valence-corrected chi connectivity index (χ1v) is 6.46. The fourth-order valence-corrected chi connectivity index (χ4v) is 2.05. The molecule has 0 spiro atoms. The summed E-state index contributed by atoms with van der Waals surface area (Å²) in [6.45, 7) is -0.586. The second-order valence-electron chi connectivity index (χ2n) is 3.31. The van der Waals surface area contributed by atoms with Gasteiger partial charge in [-0.15, -0.1) is 0 Å². The first-order valence-electron chi connectivity index (χ1n) is 4.57. The molecule has 0 aliphatic carbocycles. The summed E-state index contributed by atoms with van der Waals surface area (Å²) in [7, 11) is -3.53. The number of hydrogen-bond donors (Lipinski definition) is 1. The smallest absolute Gasteiger partial charge is 0.339 e. The summed E-state index contributed by atoms with van der Waals surface area (Å²) in [4.78, 5) is 21.8. The van der Waals surface area contributed by atoms with Crippen molar-refractivity contribution < 1.29 is 22.7 Å². The number of esters is 1. The highest BCUT2D eigenvalue weighted by atomic mass is 32.2. The number of amides is 1. The fraction of sp³-hybridized carbons (Fsp3) is 0.200. The topological polar surface area (TPSA) is 104 Å². The molecular weight excluding hydrogens is 246 g/mol. The molecule has 0 fully saturated rings. The van der Waals surface area contributed by atoms with E-state index in [9.17, 15) is 18.0 Å². The molecule has 0 bridgehead atoms. The van der Waals surface area contributed by atoms with Gasteiger partial charge >= 0.3 is 5.97 Å². The molecule has 7 heteroatoms. The van der Waals surface area contributed by atoms with E-state index in [1.54, 1.807) is 0 Å². The van der Waals surface area contributed by atoms with Crippen molar-refractivity contribution in [1.29, 1.82) is 0 Å². The van der Waals surface area contributed by atoms with Crippen LogP contribution in [0, 0.1) is 0 Å². The van der Waals surface area contributed by atoms with Crippen molar-refractivity contribution in [3.63, 3.8) is 0 Å². The number of nitrogens with two attached hydrogens (primary N) is 1. The van der Waals surface area contributed by atoms with Crippen LogP contribution in [0.2, 0.25) is 0 Å². The van der Waals surface area contributed by atoms with Gasteiger partial charge in [0.25, 0.3) is 5.91 Å². The Bertz CT molecular complexity index is 550. The van der Waals surface area contributed by atoms with Crippen molar-refractivity contribution in [2.45, 2.75) is 4.90 Å². The van der Waals surface area contributed by atoms with Gasteiger partial charge in [-0.05, 0) is 12.1 Å². The third-order valence-electron chi connectivity index (χ3n) is 1.85. The van der Waals surface area contributed by atoms with E-state index in [0.29, 0.717) is 0 Å². The molecule has 17 heavy (non-hydrogen) atoms. The second kappa shape index (κ2) is 4.96. The first kappa shape index (κ1) is 13.2. The van der Waals surface area contributed by atoms with Crippen LogP contribution in [0.25, 0.3) is 0 Å². The zero-order chi connectivity index (χ0) is 13.1. The lowest BCUT2D eigenvalue weighted by Crippen LogP contribution is -2.21. The predicted molar refractivity (Wildman–Crippen MR) is 59.0 cm³/mol. The largest absolute Gasteiger partial charge is 0.452 e. The molecule has 0 saturated carbocycles. The maximum atomic E-state index is 11.5. The van der Waals surface area contributed by atoms with E-state index in [2.05, 4.69) is 4.74 Å². The van der Waals surface area contributed by atoms with Gasteiger partial charge in [-0.1, -0.05) is 12.1 Å². The van der Waals surface area contributed by atoms with Crippen LogP contribution in [0.1, 0.15) is 10.4 Å². The van der Waals surface area contributed by atoms with Crippen molar-refractivity contribution >= 4 is 21.7 Å². The number of carbonyl (C=O) groups excluding carboxylic acids is 2. The molecule has 1 aromatic rings. The number of carbonyl (C=O) groups is 2. The Labute approximate surface area is 98.3 Å². The average molecular weight is 257 g/mol. The number of primary amides is 1. The van der Waals surface area contributed by atoms with Gasteiger partial charge in [0.15, 0.2) is 16.4 Å². The molecule has 92 valence electrons. The lowest BCUT2D eigenvalue weighted by Gasteiger charge is -2.06. The molecule has 0 radical (unpaired) electrons. The summed E-state index contributed by atoms with van der Waals surface area (Å²) in [6.07, 6.45) is 0.979. The number of rotatable bonds is 4. The average Bonchev–Trinajstić information content (AvgIpc) is 2.24. The summed E-state index contributed by atoms with van der Waals surface area (Å²) >= 11 is 0. The Morgan fingerprint density at radius 3 is 2.41 bits per heavy atom. The highest BCUT2D eigenvalue weighted by Gasteiger charge is 2.19. The van der Waals surface area contributed by atoms with Crippen LogP contribution >= 0.6 is 0 Å². The summed E-state index contributed by atoms with van der Waals surface area (Å²) in [5.41, 5.74) is 4.69. The molecule has 0 heterocycles. The van der Waals surface area contributed by atoms with Crippen LogP contribution in [-0.2, 0) is 19.4 Å². The van der Waals surface area contributed by atoms with E-state index in [1.165, 1.54) is 24.3 Å². The summed E-state index contributed by atoms with van der Waals surface area (Å²) in [5.74, 6) is -1.71. The summed E-state index contributed by atoms with van der Waals surface area (Å²) in [5, 5.41) is 0. The van der Waals surface area contributed by atoms with Gasteiger partial charge in [0.05, 0.1) is 10.5 Å². The third-order valence-corrected chi connectivity index (χ3v) is 3.01. The molecule has 0 aliphatic rings. The summed E-state index contributed by atoms with van der Waals surface area (Å²) in [6, 6.07) is 5.58. The van der Waals surface area contributed by atoms with Crippen LogP contribution in [-0.4, -0.2) is 33.2 Å². The number of ether oxygens (including phenoxy) is 1. The van der Waals surface area contributed by atoms with Gasteiger partial charge in [-0.2, -0.15) is 0 Å². The minimum Gasteiger partial charge on any atom is -0.452 e. The van der Waals surface area contributed by atoms with Gasteiger partial charge in [0.2, 0.25) is 0 Å². The molecule has 6 nitrogen and oxygen atoms in total. The normalized spacial score (nSPS) is 10.9. The van der Waals surface area contributed by atoms with Gasteiger partial charge in [0, 0.05) is 6.26 Å². The molecule has 2 N–H and O–H groups in total. The predicted octanol–water partition coefficient (Wildman–Crippen LogP) is -0.268. The molecule has 0 aliphatic heterocycles. The quantitative estimate of drug-likeness (QED) is 0.748. The van der Waals surface area contributed by atoms with E-state index < -0.39 is 28.3 Å². The maximum Gasteiger partial charge on any atom is 0.339 e. The number of sulfone groups is 1. The minimum absolute atomic E-state index is 0.115. The molecule has 1 rings (SSSR count). The van der Waals surface area contributed by atoms with Crippen LogP contribution in [0.3, 0.4) is 0 Å². The molecule has 0 aromatic heterocycles. The Kier molecular flexibility index (Phi) is 3.84. The highest BCUT2D eigenvalue weighted by Crippen LogP contribution is 2.16. The van der Waals surface area contributed by atoms with E-state index in [0.717, 1.165) is 6.26 Å². The van der Waals surface area contributed by atoms with Crippen LogP contribution in [0.15, 0.2) is 29.2 Å². The molecule has 0 unspecified atom stereocenters. The zero-order valence-corrected chi connectivity index (χ0v) is 9.86. The molecular formula is C10H11NO5S. The van der Waals surface area contributed by atoms with E-state index in [-0.39, 0.29) is 10.5 Å². The summed E-state index contributed by atoms with van der Waals surface area (Å²) < 4.78 is 27.3. The van der Waals surface area contributed by atoms with Gasteiger partial charge in [0.1, 0.15) is 0 Å². The molecule has 1 amide bonds. The Hall–Kier alpha value is -1.89. The van der Waals surface area contributed by atoms with Gasteiger partial charge < -0.3 is 10.5 Å². The van der Waals surface area contributed by atoms with Crippen LogP contribution in [0.4, 0.5) is 0 Å². The van der Waals surface area contributed by atoms with E-state index >= 15 is 0 Å². The Morgan fingerprint density at radius 2 is 1.88 bits per heavy atom. The van der Waals surface area contributed by atoms with E-state index in [1.807, 2.05) is 0 Å². The van der Waals surface area contributed by atoms with Crippen molar-refractivity contribution in [2.24, 2.45) is 5.73 Å². The second-order valence-corrected chi connectivity index (χ2v) is 5.29. The lowest BCUT2D eigenvalue weighted by molar-refractivity contribution is -0.121. The first-order chi connectivity index (χ1) is 7.82. The maximum absolute atomic E-state index is 11.5. The van der Waals surface area contributed by atoms with Crippen LogP contribution in [0.5, 0.6) is 0 Å². The fourth-order valence-electron chi connectivity index (χ4n) is 1.17. The standard InChI is InChI=1S/C10H11NO5S/c1-17(14,15)8-5-3-2-4-7(8)10(13)16-6-9(11)12/h2-5H,6H2,1H3,(H2,11,12). The van der Waals surface area contributed by atoms with Crippen molar-refractivity contribution in [3.8, 4) is 0 Å². The third kappa shape index (κ3) is 3.56. The Balaban J connectivity index is 3.06. The minimum atomic E-state index is -3.53. The molecule has 0 atom stereocenters. The lowest BCUT2D eigenvalue weighted by atomic mass is 10.2. The van der Waals surface area contributed by atoms with Crippen LogP contribution < -0.4 is 5.73 Å². The zero-order valence-electron chi connectivity index (χ0n) is 9.04. The Morgan fingerprint density at radius 1 is 1.29 bits per heavy atom. The highest BCUT2D eigenvalue weighted by molar-refractivity contribution is 7.90. The van der Waals surface area contributed by atoms with Crippen molar-refractivity contribution in [1.82, 2.24) is 0 Å². The molecule has 0 saturated heterocycles. The van der Waals surface area contributed by atoms with Gasteiger partial charge in [-0.3, -0.25) is 4.79 Å². The number of hydrogen-bond acceptors (Lipinski definition) is 5. The monoisotopic (exact) mass is 257 g/mol. The number of benzene rings is 1. The van der Waals surface area contributed by atoms with Crippen molar-refractivity contribution in [2.75, 3.05) is 12.9 Å². The SMILES string of the molecule is CS(=O)(=O)c1ccccc1C(=O)OCC(N)=O. The molecule has 1 aromatic carbocycles. The van der Waals surface area contributed by atoms with E-state index in [4.69, 9.17) is 5.73 Å².